The molecule has 4 nitrogen and oxygen atoms in total. The zero-order valence-electron chi connectivity index (χ0n) is 13.1. The summed E-state index contributed by atoms with van der Waals surface area (Å²) in [5.74, 6) is 0.891. The molecule has 0 aliphatic rings. The first kappa shape index (κ1) is 15.2. The highest BCUT2D eigenvalue weighted by Crippen LogP contribution is 2.27. The number of thiazole rings is 1. The normalized spacial score (nSPS) is 13.7. The van der Waals surface area contributed by atoms with Crippen LogP contribution >= 0.6 is 11.3 Å². The van der Waals surface area contributed by atoms with Crippen molar-refractivity contribution in [1.29, 1.82) is 0 Å². The van der Waals surface area contributed by atoms with Crippen LogP contribution in [0.5, 0.6) is 0 Å². The monoisotopic (exact) mass is 293 g/mol. The lowest BCUT2D eigenvalue weighted by Crippen LogP contribution is -2.18. The highest BCUT2D eigenvalue weighted by Gasteiger charge is 2.19. The van der Waals surface area contributed by atoms with Crippen LogP contribution in [-0.2, 0) is 12.0 Å². The Kier molecular flexibility index (Phi) is 4.30. The van der Waals surface area contributed by atoms with E-state index in [0.717, 1.165) is 23.6 Å². The van der Waals surface area contributed by atoms with Crippen LogP contribution in [0.3, 0.4) is 0 Å². The van der Waals surface area contributed by atoms with Crippen molar-refractivity contribution in [2.75, 3.05) is 0 Å². The summed E-state index contributed by atoms with van der Waals surface area (Å²) < 4.78 is 5.22. The predicted octanol–water partition coefficient (Wildman–Crippen LogP) is 3.90. The third-order valence-electron chi connectivity index (χ3n) is 3.30. The molecule has 1 atom stereocenters. The quantitative estimate of drug-likeness (QED) is 0.929. The van der Waals surface area contributed by atoms with Gasteiger partial charge in [-0.05, 0) is 20.8 Å². The fraction of sp³-hybridized carbons (Fsp3) is 0.600. The van der Waals surface area contributed by atoms with E-state index >= 15 is 0 Å². The molecule has 1 N–H and O–H groups in total. The summed E-state index contributed by atoms with van der Waals surface area (Å²) in [5, 5.41) is 8.70. The molecule has 0 bridgehead atoms. The van der Waals surface area contributed by atoms with Gasteiger partial charge >= 0.3 is 0 Å². The molecule has 2 aromatic heterocycles. The molecular weight excluding hydrogens is 270 g/mol. The Morgan fingerprint density at radius 3 is 2.55 bits per heavy atom. The summed E-state index contributed by atoms with van der Waals surface area (Å²) in [5.41, 5.74) is 2.24. The Labute approximate surface area is 124 Å². The maximum Gasteiger partial charge on any atom is 0.138 e. The van der Waals surface area contributed by atoms with Gasteiger partial charge in [0.05, 0.1) is 10.7 Å². The Morgan fingerprint density at radius 1 is 1.35 bits per heavy atom. The van der Waals surface area contributed by atoms with Gasteiger partial charge < -0.3 is 9.84 Å². The SMILES string of the molecule is Cc1noc(C)c1C(C)NCc1cnc(C(C)(C)C)s1. The van der Waals surface area contributed by atoms with Crippen molar-refractivity contribution in [3.05, 3.63) is 33.1 Å². The summed E-state index contributed by atoms with van der Waals surface area (Å²) in [6.07, 6.45) is 1.97. The fourth-order valence-corrected chi connectivity index (χ4v) is 3.12. The molecule has 1 unspecified atom stereocenters. The Bertz CT molecular complexity index is 561. The summed E-state index contributed by atoms with van der Waals surface area (Å²) in [4.78, 5) is 5.77. The highest BCUT2D eigenvalue weighted by molar-refractivity contribution is 7.11. The maximum atomic E-state index is 5.22. The summed E-state index contributed by atoms with van der Waals surface area (Å²) >= 11 is 1.77. The standard InChI is InChI=1S/C15H23N3OS/c1-9(13-10(2)18-19-11(13)3)16-7-12-8-17-14(20-12)15(4,5)6/h8-9,16H,7H2,1-6H3. The van der Waals surface area contributed by atoms with Crippen molar-refractivity contribution in [2.45, 2.75) is 59.5 Å². The Morgan fingerprint density at radius 2 is 2.05 bits per heavy atom. The summed E-state index contributed by atoms with van der Waals surface area (Å²) in [6, 6.07) is 0.224. The average molecular weight is 293 g/mol. The van der Waals surface area contributed by atoms with E-state index < -0.39 is 0 Å². The van der Waals surface area contributed by atoms with Crippen LogP contribution in [0.4, 0.5) is 0 Å². The maximum absolute atomic E-state index is 5.22. The van der Waals surface area contributed by atoms with E-state index in [0.29, 0.717) is 0 Å². The molecule has 110 valence electrons. The number of aromatic nitrogens is 2. The van der Waals surface area contributed by atoms with Crippen molar-refractivity contribution in [1.82, 2.24) is 15.5 Å². The first-order chi connectivity index (χ1) is 9.29. The van der Waals surface area contributed by atoms with E-state index in [1.54, 1.807) is 11.3 Å². The van der Waals surface area contributed by atoms with Crippen LogP contribution in [-0.4, -0.2) is 10.1 Å². The lowest BCUT2D eigenvalue weighted by molar-refractivity contribution is 0.390. The van der Waals surface area contributed by atoms with Crippen molar-refractivity contribution in [3.63, 3.8) is 0 Å². The van der Waals surface area contributed by atoms with Gasteiger partial charge in [0, 0.05) is 34.6 Å². The first-order valence-electron chi connectivity index (χ1n) is 6.90. The predicted molar refractivity (Wildman–Crippen MR) is 82.0 cm³/mol. The van der Waals surface area contributed by atoms with Crippen LogP contribution in [0.25, 0.3) is 0 Å². The Balaban J connectivity index is 2.01. The number of nitrogens with one attached hydrogen (secondary N) is 1. The van der Waals surface area contributed by atoms with Crippen molar-refractivity contribution in [2.24, 2.45) is 0 Å². The number of nitrogens with zero attached hydrogens (tertiary/aromatic N) is 2. The molecule has 0 spiro atoms. The molecule has 0 saturated heterocycles. The largest absolute Gasteiger partial charge is 0.361 e. The van der Waals surface area contributed by atoms with Gasteiger partial charge in [-0.25, -0.2) is 4.98 Å². The van der Waals surface area contributed by atoms with E-state index in [-0.39, 0.29) is 11.5 Å². The molecule has 0 aliphatic carbocycles. The van der Waals surface area contributed by atoms with E-state index in [1.165, 1.54) is 9.88 Å². The molecule has 2 rings (SSSR count). The number of hydrogen-bond donors (Lipinski definition) is 1. The zero-order chi connectivity index (χ0) is 14.9. The van der Waals surface area contributed by atoms with Crippen LogP contribution in [0, 0.1) is 13.8 Å². The van der Waals surface area contributed by atoms with Gasteiger partial charge in [-0.3, -0.25) is 0 Å². The summed E-state index contributed by atoms with van der Waals surface area (Å²) in [7, 11) is 0. The molecule has 0 saturated carbocycles. The third kappa shape index (κ3) is 3.27. The molecule has 0 fully saturated rings. The molecule has 5 heteroatoms. The van der Waals surface area contributed by atoms with Crippen LogP contribution in [0.15, 0.2) is 10.7 Å². The van der Waals surface area contributed by atoms with Crippen LogP contribution in [0.2, 0.25) is 0 Å². The minimum absolute atomic E-state index is 0.121. The van der Waals surface area contributed by atoms with Gasteiger partial charge in [-0.2, -0.15) is 0 Å². The molecular formula is C15H23N3OS. The number of rotatable bonds is 4. The Hall–Kier alpha value is -1.20. The van der Waals surface area contributed by atoms with Gasteiger partial charge in [0.15, 0.2) is 0 Å². The van der Waals surface area contributed by atoms with Gasteiger partial charge in [-0.15, -0.1) is 11.3 Å². The van der Waals surface area contributed by atoms with Gasteiger partial charge in [-0.1, -0.05) is 25.9 Å². The highest BCUT2D eigenvalue weighted by atomic mass is 32.1. The van der Waals surface area contributed by atoms with E-state index in [4.69, 9.17) is 4.52 Å². The fourth-order valence-electron chi connectivity index (χ4n) is 2.20. The second kappa shape index (κ2) is 5.66. The van der Waals surface area contributed by atoms with Crippen molar-refractivity contribution < 1.29 is 4.52 Å². The van der Waals surface area contributed by atoms with Crippen molar-refractivity contribution in [3.8, 4) is 0 Å². The van der Waals surface area contributed by atoms with Gasteiger partial charge in [0.2, 0.25) is 0 Å². The second-order valence-corrected chi connectivity index (χ2v) is 7.34. The number of hydrogen-bond acceptors (Lipinski definition) is 5. The molecule has 0 radical (unpaired) electrons. The molecule has 2 heterocycles. The van der Waals surface area contributed by atoms with Gasteiger partial charge in [0.1, 0.15) is 5.76 Å². The number of aryl methyl sites for hydroxylation is 2. The minimum atomic E-state index is 0.121. The molecule has 0 aromatic carbocycles. The average Bonchev–Trinajstić information content (AvgIpc) is 2.93. The lowest BCUT2D eigenvalue weighted by atomic mass is 9.98. The van der Waals surface area contributed by atoms with E-state index in [2.05, 4.69) is 43.2 Å². The summed E-state index contributed by atoms with van der Waals surface area (Å²) in [6.45, 7) is 13.5. The van der Waals surface area contributed by atoms with Crippen molar-refractivity contribution >= 4 is 11.3 Å². The minimum Gasteiger partial charge on any atom is -0.361 e. The second-order valence-electron chi connectivity index (χ2n) is 6.22. The van der Waals surface area contributed by atoms with E-state index in [9.17, 15) is 0 Å². The lowest BCUT2D eigenvalue weighted by Gasteiger charge is -2.14. The molecule has 2 aromatic rings. The van der Waals surface area contributed by atoms with Crippen LogP contribution < -0.4 is 5.32 Å². The first-order valence-corrected chi connectivity index (χ1v) is 7.72. The zero-order valence-corrected chi connectivity index (χ0v) is 13.9. The third-order valence-corrected chi connectivity index (χ3v) is 4.72. The topological polar surface area (TPSA) is 51.0 Å². The van der Waals surface area contributed by atoms with Crippen LogP contribution in [0.1, 0.15) is 60.6 Å². The molecule has 0 amide bonds. The smallest absolute Gasteiger partial charge is 0.138 e. The molecule has 20 heavy (non-hydrogen) atoms. The van der Waals surface area contributed by atoms with Gasteiger partial charge in [0.25, 0.3) is 0 Å². The van der Waals surface area contributed by atoms with E-state index in [1.807, 2.05) is 20.0 Å². The molecule has 0 aliphatic heterocycles.